The molecule has 6 nitrogen and oxygen atoms in total. The molecule has 5 rings (SSSR count). The number of benzene rings is 2. The summed E-state index contributed by atoms with van der Waals surface area (Å²) in [4.78, 5) is 12.6. The van der Waals surface area contributed by atoms with Gasteiger partial charge < -0.3 is 23.7 Å². The first-order chi connectivity index (χ1) is 14.5. The van der Waals surface area contributed by atoms with Crippen LogP contribution in [0.4, 0.5) is 0 Å². The van der Waals surface area contributed by atoms with Crippen LogP contribution in [0.25, 0.3) is 0 Å². The Morgan fingerprint density at radius 3 is 2.37 bits per heavy atom. The normalized spacial score (nSPS) is 33.8. The van der Waals surface area contributed by atoms with Gasteiger partial charge in [-0.1, -0.05) is 48.5 Å². The molecule has 1 saturated carbocycles. The Morgan fingerprint density at radius 1 is 1.00 bits per heavy atom. The molecular weight excluding hydrogens is 384 g/mol. The first-order valence-corrected chi connectivity index (χ1v) is 10.4. The van der Waals surface area contributed by atoms with Crippen LogP contribution in [-0.2, 0) is 30.3 Å². The minimum atomic E-state index is -0.759. The van der Waals surface area contributed by atoms with Crippen molar-refractivity contribution in [1.82, 2.24) is 0 Å². The summed E-state index contributed by atoms with van der Waals surface area (Å²) >= 11 is 0. The van der Waals surface area contributed by atoms with Gasteiger partial charge in [0.05, 0.1) is 12.2 Å². The van der Waals surface area contributed by atoms with Crippen molar-refractivity contribution < 1.29 is 28.5 Å². The summed E-state index contributed by atoms with van der Waals surface area (Å²) in [5.74, 6) is -1.10. The van der Waals surface area contributed by atoms with Crippen molar-refractivity contribution in [3.05, 3.63) is 71.8 Å². The molecule has 6 heteroatoms. The molecule has 0 N–H and O–H groups in total. The van der Waals surface area contributed by atoms with E-state index >= 15 is 0 Å². The van der Waals surface area contributed by atoms with E-state index in [0.29, 0.717) is 18.6 Å². The number of ether oxygens (including phenoxy) is 5. The van der Waals surface area contributed by atoms with E-state index in [9.17, 15) is 4.79 Å². The molecule has 0 amide bonds. The minimum Gasteiger partial charge on any atom is -0.456 e. The summed E-state index contributed by atoms with van der Waals surface area (Å²) in [6, 6.07) is 19.0. The molecule has 158 valence electrons. The van der Waals surface area contributed by atoms with Crippen LogP contribution in [0.15, 0.2) is 60.7 Å². The molecule has 2 aromatic rings. The zero-order valence-electron chi connectivity index (χ0n) is 17.2. The first kappa shape index (κ1) is 19.7. The summed E-state index contributed by atoms with van der Waals surface area (Å²) in [6.45, 7) is 4.15. The van der Waals surface area contributed by atoms with Crippen LogP contribution in [0.3, 0.4) is 0 Å². The second-order valence-corrected chi connectivity index (χ2v) is 8.56. The molecule has 0 radical (unpaired) electrons. The van der Waals surface area contributed by atoms with Crippen LogP contribution < -0.4 is 0 Å². The summed E-state index contributed by atoms with van der Waals surface area (Å²) in [7, 11) is 0. The number of carbonyl (C=O) groups excluding carboxylic acids is 1. The van der Waals surface area contributed by atoms with Gasteiger partial charge in [-0.2, -0.15) is 0 Å². The van der Waals surface area contributed by atoms with Crippen LogP contribution in [0.1, 0.15) is 42.6 Å². The van der Waals surface area contributed by atoms with E-state index in [-0.39, 0.29) is 12.1 Å². The Balaban J connectivity index is 1.36. The standard InChI is InChI=1S/C24H26O6/c1-23(2)28-19-20(26-15-16-9-5-3-6-10-16)24(30-22(19)29-23)14-13-18(24)27-21(25)17-11-7-4-8-12-17/h3-12,18-20,22H,13-15H2,1-2H3/t18-,19+,20?,22+,24-/m1/s1. The number of carbonyl (C=O) groups is 1. The van der Waals surface area contributed by atoms with Gasteiger partial charge in [0.15, 0.2) is 12.1 Å². The van der Waals surface area contributed by atoms with Crippen molar-refractivity contribution >= 4 is 5.97 Å². The molecule has 1 unspecified atom stereocenters. The third kappa shape index (κ3) is 3.44. The Bertz CT molecular complexity index is 898. The fourth-order valence-electron chi connectivity index (χ4n) is 4.55. The topological polar surface area (TPSA) is 63.2 Å². The maximum absolute atomic E-state index is 12.6. The molecule has 30 heavy (non-hydrogen) atoms. The fourth-order valence-corrected chi connectivity index (χ4v) is 4.55. The van der Waals surface area contributed by atoms with Crippen molar-refractivity contribution in [2.24, 2.45) is 0 Å². The summed E-state index contributed by atoms with van der Waals surface area (Å²) in [5.41, 5.74) is 0.824. The molecule has 2 aliphatic heterocycles. The largest absolute Gasteiger partial charge is 0.456 e. The Kier molecular flexibility index (Phi) is 4.90. The van der Waals surface area contributed by atoms with Gasteiger partial charge in [-0.05, 0) is 44.4 Å². The second kappa shape index (κ2) is 7.46. The van der Waals surface area contributed by atoms with Gasteiger partial charge in [-0.25, -0.2) is 4.79 Å². The summed E-state index contributed by atoms with van der Waals surface area (Å²) in [6.07, 6.45) is -0.286. The van der Waals surface area contributed by atoms with Crippen LogP contribution in [0.5, 0.6) is 0 Å². The van der Waals surface area contributed by atoms with E-state index in [1.807, 2.05) is 62.4 Å². The van der Waals surface area contributed by atoms with Crippen LogP contribution >= 0.6 is 0 Å². The maximum atomic E-state index is 12.6. The lowest BCUT2D eigenvalue weighted by Crippen LogP contribution is -2.62. The lowest BCUT2D eigenvalue weighted by Gasteiger charge is -2.48. The molecule has 1 spiro atoms. The summed E-state index contributed by atoms with van der Waals surface area (Å²) in [5, 5.41) is 0. The smallest absolute Gasteiger partial charge is 0.338 e. The number of rotatable bonds is 5. The van der Waals surface area contributed by atoms with Crippen LogP contribution in [-0.4, -0.2) is 42.0 Å². The average molecular weight is 410 g/mol. The van der Waals surface area contributed by atoms with E-state index in [4.69, 9.17) is 23.7 Å². The molecule has 0 aromatic heterocycles. The SMILES string of the molecule is CC1(C)O[C@H]2O[C@@]3(CC[C@H]3OC(=O)c3ccccc3)C(OCc3ccccc3)[C@@H]2O1. The highest BCUT2D eigenvalue weighted by Gasteiger charge is 2.69. The van der Waals surface area contributed by atoms with Gasteiger partial charge in [0.25, 0.3) is 0 Å². The van der Waals surface area contributed by atoms with Gasteiger partial charge in [0.1, 0.15) is 23.9 Å². The zero-order valence-corrected chi connectivity index (χ0v) is 17.2. The minimum absolute atomic E-state index is 0.357. The van der Waals surface area contributed by atoms with Crippen molar-refractivity contribution in [1.29, 1.82) is 0 Å². The molecule has 2 heterocycles. The van der Waals surface area contributed by atoms with E-state index in [1.54, 1.807) is 12.1 Å². The number of hydrogen-bond acceptors (Lipinski definition) is 6. The highest BCUT2D eigenvalue weighted by Crippen LogP contribution is 2.53. The molecule has 0 bridgehead atoms. The van der Waals surface area contributed by atoms with Crippen molar-refractivity contribution in [2.75, 3.05) is 0 Å². The van der Waals surface area contributed by atoms with Crippen LogP contribution in [0, 0.1) is 0 Å². The highest BCUT2D eigenvalue weighted by molar-refractivity contribution is 5.89. The molecular formula is C24H26O6. The van der Waals surface area contributed by atoms with E-state index in [0.717, 1.165) is 12.0 Å². The van der Waals surface area contributed by atoms with Gasteiger partial charge in [-0.3, -0.25) is 0 Å². The second-order valence-electron chi connectivity index (χ2n) is 8.56. The molecule has 2 aromatic carbocycles. The third-order valence-electron chi connectivity index (χ3n) is 6.08. The van der Waals surface area contributed by atoms with Gasteiger partial charge in [0.2, 0.25) is 0 Å². The van der Waals surface area contributed by atoms with Gasteiger partial charge in [0, 0.05) is 0 Å². The third-order valence-corrected chi connectivity index (χ3v) is 6.08. The van der Waals surface area contributed by atoms with Gasteiger partial charge in [-0.15, -0.1) is 0 Å². The predicted octanol–water partition coefficient (Wildman–Crippen LogP) is 3.84. The molecule has 1 aliphatic carbocycles. The van der Waals surface area contributed by atoms with Crippen molar-refractivity contribution in [2.45, 2.75) is 69.3 Å². The van der Waals surface area contributed by atoms with Crippen molar-refractivity contribution in [3.8, 4) is 0 Å². The van der Waals surface area contributed by atoms with E-state index < -0.39 is 29.9 Å². The molecule has 3 aliphatic rings. The lowest BCUT2D eigenvalue weighted by atomic mass is 9.72. The Hall–Kier alpha value is -2.25. The Labute approximate surface area is 176 Å². The number of hydrogen-bond donors (Lipinski definition) is 0. The lowest BCUT2D eigenvalue weighted by molar-refractivity contribution is -0.287. The average Bonchev–Trinajstić information content (AvgIpc) is 3.21. The molecule has 5 atom stereocenters. The maximum Gasteiger partial charge on any atom is 0.338 e. The van der Waals surface area contributed by atoms with Gasteiger partial charge >= 0.3 is 5.97 Å². The number of esters is 1. The molecule has 3 fully saturated rings. The van der Waals surface area contributed by atoms with E-state index in [1.165, 1.54) is 0 Å². The van der Waals surface area contributed by atoms with E-state index in [2.05, 4.69) is 0 Å². The quantitative estimate of drug-likeness (QED) is 0.698. The zero-order chi connectivity index (χ0) is 20.8. The fraction of sp³-hybridized carbons (Fsp3) is 0.458. The highest BCUT2D eigenvalue weighted by atomic mass is 16.8. The number of fused-ring (bicyclic) bond motifs is 1. The first-order valence-electron chi connectivity index (χ1n) is 10.4. The predicted molar refractivity (Wildman–Crippen MR) is 108 cm³/mol. The summed E-state index contributed by atoms with van der Waals surface area (Å²) < 4.78 is 30.6. The van der Waals surface area contributed by atoms with Crippen molar-refractivity contribution in [3.63, 3.8) is 0 Å². The van der Waals surface area contributed by atoms with Crippen LogP contribution in [0.2, 0.25) is 0 Å². The Morgan fingerprint density at radius 2 is 1.70 bits per heavy atom. The molecule has 2 saturated heterocycles. The monoisotopic (exact) mass is 410 g/mol.